The number of amides is 2. The molecule has 0 saturated carbocycles. The summed E-state index contributed by atoms with van der Waals surface area (Å²) in [6, 6.07) is 1.90. The van der Waals surface area contributed by atoms with E-state index in [2.05, 4.69) is 5.32 Å². The van der Waals surface area contributed by atoms with Crippen LogP contribution in [0.3, 0.4) is 0 Å². The van der Waals surface area contributed by atoms with Crippen molar-refractivity contribution in [1.29, 1.82) is 0 Å². The van der Waals surface area contributed by atoms with Gasteiger partial charge in [-0.05, 0) is 12.1 Å². The number of likely N-dealkylation sites (tertiary alicyclic amines) is 1. The molecule has 98 valence electrons. The number of carbonyl (C=O) groups excluding carboxylic acids is 1. The van der Waals surface area contributed by atoms with Crippen LogP contribution < -0.4 is 5.32 Å². The van der Waals surface area contributed by atoms with Gasteiger partial charge < -0.3 is 24.8 Å². The third-order valence-corrected chi connectivity index (χ3v) is 2.82. The number of aliphatic hydroxyl groups excluding tert-OH is 1. The summed E-state index contributed by atoms with van der Waals surface area (Å²) in [6.07, 6.45) is 0.755. The largest absolute Gasteiger partial charge is 0.480 e. The number of aliphatic hydroxyl groups is 1. The molecule has 1 aromatic heterocycles. The zero-order valence-electron chi connectivity index (χ0n) is 9.57. The molecule has 1 aliphatic rings. The Bertz CT molecular complexity index is 431. The molecule has 7 heteroatoms. The number of carboxylic acid groups (broad SMARTS) is 1. The van der Waals surface area contributed by atoms with Gasteiger partial charge in [-0.1, -0.05) is 0 Å². The van der Waals surface area contributed by atoms with Crippen molar-refractivity contribution >= 4 is 12.0 Å². The van der Waals surface area contributed by atoms with Crippen LogP contribution in [-0.2, 0) is 11.3 Å². The number of carbonyl (C=O) groups is 2. The number of nitrogens with zero attached hydrogens (tertiary/aromatic N) is 1. The standard InChI is InChI=1S/C11H14N2O5/c14-7-4-9(10(15)16)13(6-7)11(17)12-5-8-2-1-3-18-8/h1-3,7,9,14H,4-6H2,(H,12,17)(H,15,16). The van der Waals surface area contributed by atoms with Gasteiger partial charge in [0.05, 0.1) is 18.9 Å². The maximum atomic E-state index is 11.8. The van der Waals surface area contributed by atoms with Gasteiger partial charge in [-0.25, -0.2) is 9.59 Å². The van der Waals surface area contributed by atoms with Crippen LogP contribution >= 0.6 is 0 Å². The van der Waals surface area contributed by atoms with Crippen LogP contribution in [0.15, 0.2) is 22.8 Å². The third-order valence-electron chi connectivity index (χ3n) is 2.82. The Hall–Kier alpha value is -2.02. The summed E-state index contributed by atoms with van der Waals surface area (Å²) >= 11 is 0. The highest BCUT2D eigenvalue weighted by Crippen LogP contribution is 2.18. The number of rotatable bonds is 3. The second-order valence-electron chi connectivity index (χ2n) is 4.13. The lowest BCUT2D eigenvalue weighted by Crippen LogP contribution is -2.45. The highest BCUT2D eigenvalue weighted by atomic mass is 16.4. The predicted molar refractivity (Wildman–Crippen MR) is 59.7 cm³/mol. The summed E-state index contributed by atoms with van der Waals surface area (Å²) < 4.78 is 5.04. The number of β-amino-alcohol motifs (C(OH)–C–C–N with tert-alkyl or cyclic N) is 1. The molecular formula is C11H14N2O5. The SMILES string of the molecule is O=C(O)C1CC(O)CN1C(=O)NCc1ccco1. The Labute approximate surface area is 103 Å². The monoisotopic (exact) mass is 254 g/mol. The molecule has 2 heterocycles. The quantitative estimate of drug-likeness (QED) is 0.705. The van der Waals surface area contributed by atoms with Crippen molar-refractivity contribution in [3.05, 3.63) is 24.2 Å². The highest BCUT2D eigenvalue weighted by molar-refractivity contribution is 5.83. The van der Waals surface area contributed by atoms with E-state index in [0.717, 1.165) is 4.90 Å². The van der Waals surface area contributed by atoms with Crippen molar-refractivity contribution in [2.24, 2.45) is 0 Å². The number of urea groups is 1. The zero-order valence-corrected chi connectivity index (χ0v) is 9.57. The van der Waals surface area contributed by atoms with E-state index >= 15 is 0 Å². The number of furan rings is 1. The summed E-state index contributed by atoms with van der Waals surface area (Å²) in [5.74, 6) is -0.533. The molecule has 1 saturated heterocycles. The van der Waals surface area contributed by atoms with Gasteiger partial charge in [0.25, 0.3) is 0 Å². The smallest absolute Gasteiger partial charge is 0.326 e. The van der Waals surface area contributed by atoms with E-state index in [-0.39, 0.29) is 19.5 Å². The first-order chi connectivity index (χ1) is 8.58. The minimum Gasteiger partial charge on any atom is -0.480 e. The summed E-state index contributed by atoms with van der Waals surface area (Å²) in [4.78, 5) is 23.9. The lowest BCUT2D eigenvalue weighted by molar-refractivity contribution is -0.141. The molecule has 2 amide bonds. The van der Waals surface area contributed by atoms with Crippen molar-refractivity contribution < 1.29 is 24.2 Å². The molecule has 2 unspecified atom stereocenters. The molecule has 1 aromatic rings. The van der Waals surface area contributed by atoms with E-state index in [0.29, 0.717) is 5.76 Å². The fourth-order valence-electron chi connectivity index (χ4n) is 1.95. The van der Waals surface area contributed by atoms with Crippen LogP contribution in [0.25, 0.3) is 0 Å². The van der Waals surface area contributed by atoms with Crippen molar-refractivity contribution in [2.75, 3.05) is 6.54 Å². The molecule has 18 heavy (non-hydrogen) atoms. The molecule has 0 spiro atoms. The van der Waals surface area contributed by atoms with Crippen LogP contribution in [-0.4, -0.2) is 45.8 Å². The van der Waals surface area contributed by atoms with Gasteiger partial charge in [0, 0.05) is 13.0 Å². The Morgan fingerprint density at radius 2 is 2.33 bits per heavy atom. The molecule has 1 fully saturated rings. The minimum atomic E-state index is -1.11. The van der Waals surface area contributed by atoms with E-state index < -0.39 is 24.1 Å². The molecule has 0 aromatic carbocycles. The number of hydrogen-bond acceptors (Lipinski definition) is 4. The van der Waals surface area contributed by atoms with Gasteiger partial charge in [0.1, 0.15) is 11.8 Å². The number of carboxylic acids is 1. The molecule has 7 nitrogen and oxygen atoms in total. The van der Waals surface area contributed by atoms with Gasteiger partial charge in [0.15, 0.2) is 0 Å². The van der Waals surface area contributed by atoms with Gasteiger partial charge >= 0.3 is 12.0 Å². The molecule has 0 radical (unpaired) electrons. The maximum Gasteiger partial charge on any atom is 0.326 e. The molecular weight excluding hydrogens is 240 g/mol. The van der Waals surface area contributed by atoms with Gasteiger partial charge in [0.2, 0.25) is 0 Å². The van der Waals surface area contributed by atoms with Crippen LogP contribution in [0.5, 0.6) is 0 Å². The van der Waals surface area contributed by atoms with Crippen molar-refractivity contribution in [3.63, 3.8) is 0 Å². The number of hydrogen-bond donors (Lipinski definition) is 3. The zero-order chi connectivity index (χ0) is 13.1. The summed E-state index contributed by atoms with van der Waals surface area (Å²) in [6.45, 7) is 0.214. The Morgan fingerprint density at radius 1 is 1.56 bits per heavy atom. The molecule has 0 aliphatic carbocycles. The summed E-state index contributed by atoms with van der Waals surface area (Å²) in [7, 11) is 0. The second kappa shape index (κ2) is 5.09. The van der Waals surface area contributed by atoms with Gasteiger partial charge in [-0.3, -0.25) is 0 Å². The van der Waals surface area contributed by atoms with Crippen LogP contribution in [0.4, 0.5) is 4.79 Å². The molecule has 2 atom stereocenters. The molecule has 3 N–H and O–H groups in total. The summed E-state index contributed by atoms with van der Waals surface area (Å²) in [5, 5.41) is 20.9. The topological polar surface area (TPSA) is 103 Å². The summed E-state index contributed by atoms with van der Waals surface area (Å²) in [5.41, 5.74) is 0. The fraction of sp³-hybridized carbons (Fsp3) is 0.455. The number of nitrogens with one attached hydrogen (secondary N) is 1. The Balaban J connectivity index is 1.93. The van der Waals surface area contributed by atoms with Gasteiger partial charge in [-0.15, -0.1) is 0 Å². The second-order valence-corrected chi connectivity index (χ2v) is 4.13. The first-order valence-corrected chi connectivity index (χ1v) is 5.55. The van der Waals surface area contributed by atoms with Crippen LogP contribution in [0, 0.1) is 0 Å². The van der Waals surface area contributed by atoms with E-state index in [1.54, 1.807) is 12.1 Å². The van der Waals surface area contributed by atoms with Crippen molar-refractivity contribution in [3.8, 4) is 0 Å². The fourth-order valence-corrected chi connectivity index (χ4v) is 1.95. The highest BCUT2D eigenvalue weighted by Gasteiger charge is 2.38. The average molecular weight is 254 g/mol. The van der Waals surface area contributed by atoms with E-state index in [4.69, 9.17) is 9.52 Å². The van der Waals surface area contributed by atoms with E-state index in [9.17, 15) is 14.7 Å². The maximum absolute atomic E-state index is 11.8. The lowest BCUT2D eigenvalue weighted by Gasteiger charge is -2.21. The van der Waals surface area contributed by atoms with Crippen molar-refractivity contribution in [1.82, 2.24) is 10.2 Å². The molecule has 1 aliphatic heterocycles. The van der Waals surface area contributed by atoms with Gasteiger partial charge in [-0.2, -0.15) is 0 Å². The normalized spacial score (nSPS) is 23.1. The van der Waals surface area contributed by atoms with E-state index in [1.807, 2.05) is 0 Å². The first-order valence-electron chi connectivity index (χ1n) is 5.55. The average Bonchev–Trinajstić information content (AvgIpc) is 2.94. The third kappa shape index (κ3) is 2.62. The van der Waals surface area contributed by atoms with E-state index in [1.165, 1.54) is 6.26 Å². The molecule has 2 rings (SSSR count). The van der Waals surface area contributed by atoms with Crippen LogP contribution in [0.1, 0.15) is 12.2 Å². The number of aliphatic carboxylic acids is 1. The Kier molecular flexibility index (Phi) is 3.52. The molecule has 0 bridgehead atoms. The minimum absolute atomic E-state index is 0.0287. The van der Waals surface area contributed by atoms with Crippen molar-refractivity contribution in [2.45, 2.75) is 25.1 Å². The van der Waals surface area contributed by atoms with Crippen LogP contribution in [0.2, 0.25) is 0 Å². The predicted octanol–water partition coefficient (Wildman–Crippen LogP) is 0.00900. The lowest BCUT2D eigenvalue weighted by atomic mass is 10.2. The first kappa shape index (κ1) is 12.4. The Morgan fingerprint density at radius 3 is 2.94 bits per heavy atom.